The molecule has 0 saturated carbocycles. The Bertz CT molecular complexity index is 1080. The Morgan fingerprint density at radius 3 is 2.53 bits per heavy atom. The monoisotopic (exact) mass is 445 g/mol. The first-order valence-electron chi connectivity index (χ1n) is 9.56. The van der Waals surface area contributed by atoms with Crippen LogP contribution in [0.15, 0.2) is 23.5 Å². The highest BCUT2D eigenvalue weighted by Gasteiger charge is 2.29. The summed E-state index contributed by atoms with van der Waals surface area (Å²) in [5.41, 5.74) is 3.28. The van der Waals surface area contributed by atoms with Crippen molar-refractivity contribution in [2.75, 3.05) is 45.5 Å². The zero-order valence-electron chi connectivity index (χ0n) is 17.6. The van der Waals surface area contributed by atoms with Crippen LogP contribution in [0, 0.1) is 6.92 Å². The number of ether oxygens (including phenoxy) is 2. The van der Waals surface area contributed by atoms with E-state index in [1.807, 2.05) is 32.5 Å². The van der Waals surface area contributed by atoms with Crippen LogP contribution in [0.4, 0.5) is 5.82 Å². The summed E-state index contributed by atoms with van der Waals surface area (Å²) in [6.07, 6.45) is 3.81. The molecule has 0 radical (unpaired) electrons. The van der Waals surface area contributed by atoms with Crippen molar-refractivity contribution in [3.63, 3.8) is 0 Å². The van der Waals surface area contributed by atoms with Gasteiger partial charge in [0.25, 0.3) is 0 Å². The third kappa shape index (κ3) is 3.53. The standard InChI is InChI=1S/C21H24ClN5O2S/c1-11-15(28-3)7-16(29-4)18(22)17(11)14-6-12-8-24-21(30-5)26-19(12)20(25-14)27-9-13(10-27)23-2/h6-8,13,23H,9-10H2,1-5H3. The fourth-order valence-electron chi connectivity index (χ4n) is 3.65. The number of nitrogens with one attached hydrogen (secondary N) is 1. The average molecular weight is 446 g/mol. The molecular formula is C21H24ClN5O2S. The summed E-state index contributed by atoms with van der Waals surface area (Å²) in [6, 6.07) is 4.21. The lowest BCUT2D eigenvalue weighted by Crippen LogP contribution is -2.57. The minimum absolute atomic E-state index is 0.439. The van der Waals surface area contributed by atoms with Crippen molar-refractivity contribution in [1.29, 1.82) is 0 Å². The predicted octanol–water partition coefficient (Wildman–Crippen LogP) is 3.80. The number of rotatable bonds is 6. The van der Waals surface area contributed by atoms with Gasteiger partial charge in [-0.1, -0.05) is 23.4 Å². The van der Waals surface area contributed by atoms with Gasteiger partial charge in [-0.25, -0.2) is 15.0 Å². The van der Waals surface area contributed by atoms with Crippen molar-refractivity contribution in [3.05, 3.63) is 28.9 Å². The SMILES string of the molecule is CNC1CN(c2nc(-c3c(C)c(OC)cc(OC)c3Cl)cc3cnc(SC)nc23)C1. The Kier molecular flexibility index (Phi) is 5.90. The van der Waals surface area contributed by atoms with E-state index in [-0.39, 0.29) is 0 Å². The summed E-state index contributed by atoms with van der Waals surface area (Å²) in [5.74, 6) is 2.08. The van der Waals surface area contributed by atoms with E-state index in [4.69, 9.17) is 31.0 Å². The molecule has 1 saturated heterocycles. The molecule has 0 spiro atoms. The van der Waals surface area contributed by atoms with E-state index in [2.05, 4.69) is 15.2 Å². The van der Waals surface area contributed by atoms with Crippen molar-refractivity contribution in [1.82, 2.24) is 20.3 Å². The van der Waals surface area contributed by atoms with Crippen molar-refractivity contribution in [2.45, 2.75) is 18.1 Å². The van der Waals surface area contributed by atoms with Crippen LogP contribution in [0.25, 0.3) is 22.2 Å². The van der Waals surface area contributed by atoms with E-state index in [0.717, 1.165) is 51.8 Å². The van der Waals surface area contributed by atoms with Crippen molar-refractivity contribution >= 4 is 40.1 Å². The molecule has 1 aliphatic heterocycles. The maximum atomic E-state index is 6.72. The van der Waals surface area contributed by atoms with Crippen LogP contribution < -0.4 is 19.7 Å². The van der Waals surface area contributed by atoms with E-state index in [9.17, 15) is 0 Å². The summed E-state index contributed by atoms with van der Waals surface area (Å²) < 4.78 is 11.0. The molecule has 4 rings (SSSR count). The fraction of sp³-hybridized carbons (Fsp3) is 0.381. The number of aromatic nitrogens is 3. The Morgan fingerprint density at radius 1 is 1.17 bits per heavy atom. The highest BCUT2D eigenvalue weighted by Crippen LogP contribution is 2.43. The number of anilines is 1. The van der Waals surface area contributed by atoms with Gasteiger partial charge in [-0.05, 0) is 26.3 Å². The molecule has 1 aromatic carbocycles. The number of pyridine rings is 1. The third-order valence-electron chi connectivity index (χ3n) is 5.44. The van der Waals surface area contributed by atoms with E-state index in [1.54, 1.807) is 20.3 Å². The quantitative estimate of drug-likeness (QED) is 0.453. The molecule has 0 bridgehead atoms. The molecule has 7 nitrogen and oxygen atoms in total. The Morgan fingerprint density at radius 2 is 1.90 bits per heavy atom. The van der Waals surface area contributed by atoms with Crippen LogP contribution in [0.1, 0.15) is 5.56 Å². The summed E-state index contributed by atoms with van der Waals surface area (Å²) >= 11 is 8.24. The van der Waals surface area contributed by atoms with Crippen molar-refractivity contribution < 1.29 is 9.47 Å². The van der Waals surface area contributed by atoms with Gasteiger partial charge < -0.3 is 19.7 Å². The zero-order chi connectivity index (χ0) is 21.4. The second kappa shape index (κ2) is 8.45. The Balaban J connectivity index is 1.95. The number of hydrogen-bond acceptors (Lipinski definition) is 8. The van der Waals surface area contributed by atoms with Gasteiger partial charge in [0, 0.05) is 47.9 Å². The molecule has 1 N–H and O–H groups in total. The van der Waals surface area contributed by atoms with E-state index in [0.29, 0.717) is 22.6 Å². The average Bonchev–Trinajstić information content (AvgIpc) is 2.73. The first kappa shape index (κ1) is 21.0. The van der Waals surface area contributed by atoms with Crippen molar-refractivity contribution in [3.8, 4) is 22.8 Å². The van der Waals surface area contributed by atoms with Crippen LogP contribution in [-0.2, 0) is 0 Å². The summed E-state index contributed by atoms with van der Waals surface area (Å²) in [7, 11) is 5.20. The van der Waals surface area contributed by atoms with Gasteiger partial charge in [-0.3, -0.25) is 0 Å². The number of halogens is 1. The molecule has 30 heavy (non-hydrogen) atoms. The van der Waals surface area contributed by atoms with Gasteiger partial charge in [-0.2, -0.15) is 0 Å². The van der Waals surface area contributed by atoms with Crippen LogP contribution >= 0.6 is 23.4 Å². The first-order chi connectivity index (χ1) is 14.5. The van der Waals surface area contributed by atoms with Gasteiger partial charge in [-0.15, -0.1) is 0 Å². The lowest BCUT2D eigenvalue weighted by molar-refractivity contribution is 0.393. The third-order valence-corrected chi connectivity index (χ3v) is 6.37. The molecule has 1 aliphatic rings. The second-order valence-electron chi connectivity index (χ2n) is 7.11. The Labute approximate surface area is 185 Å². The molecule has 2 aromatic heterocycles. The van der Waals surface area contributed by atoms with E-state index >= 15 is 0 Å². The minimum Gasteiger partial charge on any atom is -0.496 e. The molecule has 1 fully saturated rings. The van der Waals surface area contributed by atoms with E-state index in [1.165, 1.54) is 11.8 Å². The van der Waals surface area contributed by atoms with E-state index < -0.39 is 0 Å². The van der Waals surface area contributed by atoms with Crippen LogP contribution in [0.3, 0.4) is 0 Å². The smallest absolute Gasteiger partial charge is 0.187 e. The molecule has 0 atom stereocenters. The van der Waals surface area contributed by atoms with Crippen LogP contribution in [0.5, 0.6) is 11.5 Å². The summed E-state index contributed by atoms with van der Waals surface area (Å²) in [4.78, 5) is 16.4. The van der Waals surface area contributed by atoms with Crippen LogP contribution in [-0.4, -0.2) is 61.6 Å². The molecule has 3 heterocycles. The highest BCUT2D eigenvalue weighted by molar-refractivity contribution is 7.98. The van der Waals surface area contributed by atoms with Gasteiger partial charge >= 0.3 is 0 Å². The molecule has 0 aliphatic carbocycles. The molecule has 0 unspecified atom stereocenters. The fourth-order valence-corrected chi connectivity index (χ4v) is 4.37. The molecule has 0 amide bonds. The van der Waals surface area contributed by atoms with Gasteiger partial charge in [0.15, 0.2) is 11.0 Å². The number of likely N-dealkylation sites (N-methyl/N-ethyl adjacent to an activating group) is 1. The normalized spacial score (nSPS) is 14.1. The highest BCUT2D eigenvalue weighted by atomic mass is 35.5. The largest absolute Gasteiger partial charge is 0.496 e. The number of fused-ring (bicyclic) bond motifs is 1. The zero-order valence-corrected chi connectivity index (χ0v) is 19.2. The second-order valence-corrected chi connectivity index (χ2v) is 8.26. The lowest BCUT2D eigenvalue weighted by atomic mass is 10.0. The number of hydrogen-bond donors (Lipinski definition) is 1. The van der Waals surface area contributed by atoms with Crippen LogP contribution in [0.2, 0.25) is 5.02 Å². The summed E-state index contributed by atoms with van der Waals surface area (Å²) in [5, 5.41) is 5.45. The molecule has 9 heteroatoms. The van der Waals surface area contributed by atoms with Gasteiger partial charge in [0.05, 0.1) is 24.9 Å². The molecular weight excluding hydrogens is 422 g/mol. The number of thioether (sulfide) groups is 1. The predicted molar refractivity (Wildman–Crippen MR) is 122 cm³/mol. The number of nitrogens with zero attached hydrogens (tertiary/aromatic N) is 4. The molecule has 3 aromatic rings. The number of benzene rings is 1. The maximum Gasteiger partial charge on any atom is 0.187 e. The van der Waals surface area contributed by atoms with Gasteiger partial charge in [0.1, 0.15) is 17.0 Å². The minimum atomic E-state index is 0.439. The Hall–Kier alpha value is -2.29. The van der Waals surface area contributed by atoms with Gasteiger partial charge in [0.2, 0.25) is 0 Å². The topological polar surface area (TPSA) is 72.4 Å². The van der Waals surface area contributed by atoms with Crippen molar-refractivity contribution in [2.24, 2.45) is 0 Å². The lowest BCUT2D eigenvalue weighted by Gasteiger charge is -2.40. The maximum absolute atomic E-state index is 6.72. The molecule has 158 valence electrons. The first-order valence-corrected chi connectivity index (χ1v) is 11.2. The summed E-state index contributed by atoms with van der Waals surface area (Å²) in [6.45, 7) is 3.71. The number of methoxy groups -OCH3 is 2.